The van der Waals surface area contributed by atoms with Gasteiger partial charge in [0.2, 0.25) is 0 Å². The number of rotatable bonds is 6. The molecule has 4 heteroatoms. The Morgan fingerprint density at radius 1 is 1.21 bits per heavy atom. The van der Waals surface area contributed by atoms with Crippen molar-refractivity contribution in [2.24, 2.45) is 5.73 Å². The van der Waals surface area contributed by atoms with E-state index < -0.39 is 0 Å². The molecule has 4 nitrogen and oxygen atoms in total. The number of ether oxygens (including phenoxy) is 2. The summed E-state index contributed by atoms with van der Waals surface area (Å²) in [4.78, 5) is 2.38. The van der Waals surface area contributed by atoms with Gasteiger partial charge in [0.1, 0.15) is 18.1 Å². The van der Waals surface area contributed by atoms with Crippen LogP contribution in [0, 0.1) is 0 Å². The lowest BCUT2D eigenvalue weighted by Gasteiger charge is -2.30. The summed E-state index contributed by atoms with van der Waals surface area (Å²) < 4.78 is 11.1. The third-order valence-electron chi connectivity index (χ3n) is 3.35. The van der Waals surface area contributed by atoms with E-state index in [-0.39, 0.29) is 0 Å². The van der Waals surface area contributed by atoms with Gasteiger partial charge in [-0.1, -0.05) is 0 Å². The molecular formula is C15H24N2O2. The van der Waals surface area contributed by atoms with Gasteiger partial charge in [0, 0.05) is 19.1 Å². The molecule has 1 heterocycles. The molecule has 0 bridgehead atoms. The van der Waals surface area contributed by atoms with E-state index in [0.717, 1.165) is 37.6 Å². The standard InChI is InChI=1S/C15H24N2O2/c1-2-18-14-5-7-15(8-6-14)19-11-10-17-9-3-4-13(16)12-17/h5-8,13H,2-4,9-12,16H2,1H3. The lowest BCUT2D eigenvalue weighted by Crippen LogP contribution is -2.44. The van der Waals surface area contributed by atoms with Crippen LogP contribution in [0.3, 0.4) is 0 Å². The molecule has 1 aromatic rings. The molecule has 1 aliphatic rings. The highest BCUT2D eigenvalue weighted by atomic mass is 16.5. The monoisotopic (exact) mass is 264 g/mol. The summed E-state index contributed by atoms with van der Waals surface area (Å²) in [6.45, 7) is 6.46. The first-order valence-corrected chi connectivity index (χ1v) is 7.11. The summed E-state index contributed by atoms with van der Waals surface area (Å²) in [7, 11) is 0. The Hall–Kier alpha value is -1.26. The van der Waals surface area contributed by atoms with Crippen LogP contribution in [-0.4, -0.2) is 43.8 Å². The van der Waals surface area contributed by atoms with E-state index >= 15 is 0 Å². The first-order chi connectivity index (χ1) is 9.28. The van der Waals surface area contributed by atoms with Crippen molar-refractivity contribution in [3.05, 3.63) is 24.3 Å². The molecule has 0 amide bonds. The van der Waals surface area contributed by atoms with E-state index in [1.54, 1.807) is 0 Å². The van der Waals surface area contributed by atoms with Crippen molar-refractivity contribution in [1.82, 2.24) is 4.90 Å². The highest BCUT2D eigenvalue weighted by molar-refractivity contribution is 5.31. The molecule has 0 aromatic heterocycles. The summed E-state index contributed by atoms with van der Waals surface area (Å²) in [6, 6.07) is 8.12. The van der Waals surface area contributed by atoms with Crippen LogP contribution >= 0.6 is 0 Å². The van der Waals surface area contributed by atoms with E-state index in [0.29, 0.717) is 19.3 Å². The van der Waals surface area contributed by atoms with Crippen molar-refractivity contribution >= 4 is 0 Å². The Kier molecular flexibility index (Phi) is 5.48. The molecule has 0 radical (unpaired) electrons. The van der Waals surface area contributed by atoms with Crippen molar-refractivity contribution in [3.63, 3.8) is 0 Å². The Bertz CT molecular complexity index is 367. The van der Waals surface area contributed by atoms with Crippen molar-refractivity contribution < 1.29 is 9.47 Å². The third kappa shape index (κ3) is 4.73. The summed E-state index contributed by atoms with van der Waals surface area (Å²) in [6.07, 6.45) is 2.35. The molecule has 0 aliphatic carbocycles. The first kappa shape index (κ1) is 14.2. The second kappa shape index (κ2) is 7.36. The van der Waals surface area contributed by atoms with Crippen molar-refractivity contribution in [2.45, 2.75) is 25.8 Å². The summed E-state index contributed by atoms with van der Waals surface area (Å²) >= 11 is 0. The number of benzene rings is 1. The van der Waals surface area contributed by atoms with Gasteiger partial charge in [-0.05, 0) is 50.6 Å². The number of nitrogens with zero attached hydrogens (tertiary/aromatic N) is 1. The van der Waals surface area contributed by atoms with Gasteiger partial charge in [-0.2, -0.15) is 0 Å². The van der Waals surface area contributed by atoms with Crippen LogP contribution in [0.1, 0.15) is 19.8 Å². The maximum absolute atomic E-state index is 5.96. The Labute approximate surface area is 115 Å². The van der Waals surface area contributed by atoms with Gasteiger partial charge in [0.05, 0.1) is 6.61 Å². The maximum Gasteiger partial charge on any atom is 0.119 e. The molecule has 1 fully saturated rings. The lowest BCUT2D eigenvalue weighted by atomic mass is 10.1. The van der Waals surface area contributed by atoms with Crippen LogP contribution in [0.5, 0.6) is 11.5 Å². The van der Waals surface area contributed by atoms with Crippen LogP contribution in [-0.2, 0) is 0 Å². The van der Waals surface area contributed by atoms with Gasteiger partial charge in [-0.15, -0.1) is 0 Å². The van der Waals surface area contributed by atoms with E-state index in [9.17, 15) is 0 Å². The molecule has 1 aliphatic heterocycles. The highest BCUT2D eigenvalue weighted by Gasteiger charge is 2.15. The van der Waals surface area contributed by atoms with Crippen molar-refractivity contribution in [3.8, 4) is 11.5 Å². The van der Waals surface area contributed by atoms with Gasteiger partial charge in [0.25, 0.3) is 0 Å². The second-order valence-electron chi connectivity index (χ2n) is 4.96. The molecular weight excluding hydrogens is 240 g/mol. The minimum absolute atomic E-state index is 0.333. The average molecular weight is 264 g/mol. The van der Waals surface area contributed by atoms with Gasteiger partial charge < -0.3 is 15.2 Å². The zero-order chi connectivity index (χ0) is 13.5. The predicted molar refractivity (Wildman–Crippen MR) is 76.8 cm³/mol. The van der Waals surface area contributed by atoms with Crippen LogP contribution in [0.2, 0.25) is 0 Å². The maximum atomic E-state index is 5.96. The van der Waals surface area contributed by atoms with E-state index in [4.69, 9.17) is 15.2 Å². The smallest absolute Gasteiger partial charge is 0.119 e. The molecule has 1 saturated heterocycles. The largest absolute Gasteiger partial charge is 0.494 e. The fraction of sp³-hybridized carbons (Fsp3) is 0.600. The fourth-order valence-corrected chi connectivity index (χ4v) is 2.39. The van der Waals surface area contributed by atoms with Crippen LogP contribution in [0.25, 0.3) is 0 Å². The topological polar surface area (TPSA) is 47.7 Å². The molecule has 0 spiro atoms. The number of likely N-dealkylation sites (tertiary alicyclic amines) is 1. The lowest BCUT2D eigenvalue weighted by molar-refractivity contribution is 0.171. The Morgan fingerprint density at radius 3 is 2.53 bits per heavy atom. The highest BCUT2D eigenvalue weighted by Crippen LogP contribution is 2.17. The first-order valence-electron chi connectivity index (χ1n) is 7.11. The number of hydrogen-bond acceptors (Lipinski definition) is 4. The SMILES string of the molecule is CCOc1ccc(OCCN2CCCC(N)C2)cc1. The van der Waals surface area contributed by atoms with Crippen LogP contribution in [0.4, 0.5) is 0 Å². The number of nitrogens with two attached hydrogens (primary N) is 1. The van der Waals surface area contributed by atoms with Gasteiger partial charge in [0.15, 0.2) is 0 Å². The zero-order valence-electron chi connectivity index (χ0n) is 11.7. The third-order valence-corrected chi connectivity index (χ3v) is 3.35. The predicted octanol–water partition coefficient (Wildman–Crippen LogP) is 1.89. The molecule has 0 saturated carbocycles. The average Bonchev–Trinajstić information content (AvgIpc) is 2.41. The second-order valence-corrected chi connectivity index (χ2v) is 4.96. The van der Waals surface area contributed by atoms with Gasteiger partial charge >= 0.3 is 0 Å². The molecule has 19 heavy (non-hydrogen) atoms. The minimum atomic E-state index is 0.333. The van der Waals surface area contributed by atoms with E-state index in [1.165, 1.54) is 6.42 Å². The normalized spacial score (nSPS) is 20.2. The summed E-state index contributed by atoms with van der Waals surface area (Å²) in [5.41, 5.74) is 5.96. The summed E-state index contributed by atoms with van der Waals surface area (Å²) in [5.74, 6) is 1.78. The number of hydrogen-bond donors (Lipinski definition) is 1. The fourth-order valence-electron chi connectivity index (χ4n) is 2.39. The quantitative estimate of drug-likeness (QED) is 0.852. The molecule has 2 rings (SSSR count). The van der Waals surface area contributed by atoms with E-state index in [1.807, 2.05) is 31.2 Å². The molecule has 1 aromatic carbocycles. The molecule has 1 atom stereocenters. The summed E-state index contributed by atoms with van der Waals surface area (Å²) in [5, 5.41) is 0. The van der Waals surface area contributed by atoms with Gasteiger partial charge in [-0.25, -0.2) is 0 Å². The van der Waals surface area contributed by atoms with Gasteiger partial charge in [-0.3, -0.25) is 4.90 Å². The Morgan fingerprint density at radius 2 is 1.89 bits per heavy atom. The van der Waals surface area contributed by atoms with Crippen LogP contribution in [0.15, 0.2) is 24.3 Å². The van der Waals surface area contributed by atoms with E-state index in [2.05, 4.69) is 4.90 Å². The zero-order valence-corrected chi connectivity index (χ0v) is 11.7. The number of piperidine rings is 1. The van der Waals surface area contributed by atoms with Crippen molar-refractivity contribution in [2.75, 3.05) is 32.8 Å². The Balaban J connectivity index is 1.70. The minimum Gasteiger partial charge on any atom is -0.494 e. The molecule has 2 N–H and O–H groups in total. The molecule has 1 unspecified atom stereocenters. The van der Waals surface area contributed by atoms with Crippen molar-refractivity contribution in [1.29, 1.82) is 0 Å². The molecule has 106 valence electrons. The van der Waals surface area contributed by atoms with Crippen LogP contribution < -0.4 is 15.2 Å².